The third kappa shape index (κ3) is 8.94. The summed E-state index contributed by atoms with van der Waals surface area (Å²) >= 11 is 0. The summed E-state index contributed by atoms with van der Waals surface area (Å²) in [6.07, 6.45) is 1.77. The highest BCUT2D eigenvalue weighted by molar-refractivity contribution is 7.84. The van der Waals surface area contributed by atoms with Crippen molar-refractivity contribution in [1.82, 2.24) is 19.3 Å². The normalized spacial score (nSPS) is 14.4. The maximum Gasteiger partial charge on any atom is 0.385 e. The van der Waals surface area contributed by atoms with E-state index in [4.69, 9.17) is 18.4 Å². The summed E-state index contributed by atoms with van der Waals surface area (Å²) in [5.41, 5.74) is 7.89. The van der Waals surface area contributed by atoms with Crippen LogP contribution in [0.2, 0.25) is 0 Å². The number of aromatic nitrogens is 3. The Morgan fingerprint density at radius 2 is 1.60 bits per heavy atom. The van der Waals surface area contributed by atoms with Crippen LogP contribution >= 0.6 is 0 Å². The Balaban J connectivity index is 1.11. The highest BCUT2D eigenvalue weighted by Crippen LogP contribution is 2.45. The number of hydrogen-bond acceptors (Lipinski definition) is 9. The minimum Gasteiger partial charge on any atom is -0.489 e. The van der Waals surface area contributed by atoms with Crippen LogP contribution in [0.15, 0.2) is 109 Å². The van der Waals surface area contributed by atoms with Gasteiger partial charge in [-0.05, 0) is 104 Å². The number of carbonyl (C=O) groups is 1. The molecule has 0 N–H and O–H groups in total. The quantitative estimate of drug-likeness (QED) is 0.0700. The minimum absolute atomic E-state index is 0.0611. The highest BCUT2D eigenvalue weighted by Gasteiger charge is 2.41. The lowest BCUT2D eigenvalue weighted by atomic mass is 9.69. The predicted octanol–water partition coefficient (Wildman–Crippen LogP) is 8.59. The van der Waals surface area contributed by atoms with Crippen LogP contribution in [0, 0.1) is 19.3 Å². The summed E-state index contributed by atoms with van der Waals surface area (Å²) in [6, 6.07) is 35.2. The predicted molar refractivity (Wildman–Crippen MR) is 222 cm³/mol. The first kappa shape index (κ1) is 40.6. The van der Waals surface area contributed by atoms with Gasteiger partial charge in [-0.1, -0.05) is 90.1 Å². The monoisotopic (exact) mass is 802 g/mol. The Morgan fingerprint density at radius 3 is 2.33 bits per heavy atom. The smallest absolute Gasteiger partial charge is 0.385 e. The van der Waals surface area contributed by atoms with Gasteiger partial charge in [0.25, 0.3) is 0 Å². The van der Waals surface area contributed by atoms with Crippen molar-refractivity contribution in [3.05, 3.63) is 154 Å². The van der Waals surface area contributed by atoms with Crippen LogP contribution in [0.4, 0.5) is 0 Å². The van der Waals surface area contributed by atoms with Crippen molar-refractivity contribution in [3.63, 3.8) is 0 Å². The van der Waals surface area contributed by atoms with Crippen molar-refractivity contribution in [2.75, 3.05) is 13.7 Å². The number of unbranched alkanes of at least 4 members (excludes halogenated alkanes) is 1. The van der Waals surface area contributed by atoms with Crippen LogP contribution in [0.1, 0.15) is 77.1 Å². The third-order valence-electron chi connectivity index (χ3n) is 10.9. The molecule has 0 bridgehead atoms. The summed E-state index contributed by atoms with van der Waals surface area (Å²) in [6.45, 7) is 10.2. The maximum atomic E-state index is 13.5. The SMILES string of the molecule is COC(=O)C(C)(C)C(c1ccc(C)c(CN2Cc3cc(OCc4ccccc4)ccc3OS2(=O)=O)c1)c1ccc2c(nnn2CCCCOCc2ccccc2)c1C. The number of benzene rings is 5. The fourth-order valence-electron chi connectivity index (χ4n) is 7.65. The molecule has 5 aromatic carbocycles. The zero-order valence-corrected chi connectivity index (χ0v) is 34.5. The maximum absolute atomic E-state index is 13.5. The van der Waals surface area contributed by atoms with Crippen LogP contribution < -0.4 is 8.92 Å². The van der Waals surface area contributed by atoms with E-state index in [9.17, 15) is 13.2 Å². The van der Waals surface area contributed by atoms with E-state index in [0.29, 0.717) is 37.7 Å². The van der Waals surface area contributed by atoms with E-state index >= 15 is 0 Å². The molecule has 1 aliphatic heterocycles. The number of esters is 1. The molecule has 302 valence electrons. The lowest BCUT2D eigenvalue weighted by molar-refractivity contribution is -0.151. The van der Waals surface area contributed by atoms with Crippen LogP contribution in [0.3, 0.4) is 0 Å². The van der Waals surface area contributed by atoms with Crippen LogP contribution in [-0.4, -0.2) is 47.4 Å². The molecule has 0 spiro atoms. The Labute approximate surface area is 340 Å². The van der Waals surface area contributed by atoms with Crippen molar-refractivity contribution in [2.24, 2.45) is 5.41 Å². The van der Waals surface area contributed by atoms with Gasteiger partial charge >= 0.3 is 16.3 Å². The second kappa shape index (κ2) is 17.5. The molecule has 0 amide bonds. The first-order chi connectivity index (χ1) is 27.9. The summed E-state index contributed by atoms with van der Waals surface area (Å²) in [4.78, 5) is 13.5. The van der Waals surface area contributed by atoms with E-state index in [1.54, 1.807) is 12.1 Å². The van der Waals surface area contributed by atoms with Crippen molar-refractivity contribution >= 4 is 27.3 Å². The van der Waals surface area contributed by atoms with E-state index in [1.807, 2.05) is 117 Å². The topological polar surface area (TPSA) is 122 Å². The molecule has 0 fully saturated rings. The summed E-state index contributed by atoms with van der Waals surface area (Å²) in [7, 11) is -2.71. The van der Waals surface area contributed by atoms with Gasteiger partial charge < -0.3 is 18.4 Å². The molecule has 1 unspecified atom stereocenters. The van der Waals surface area contributed by atoms with Gasteiger partial charge in [0, 0.05) is 37.7 Å². The van der Waals surface area contributed by atoms with E-state index in [1.165, 1.54) is 11.4 Å². The molecule has 11 nitrogen and oxygen atoms in total. The van der Waals surface area contributed by atoms with E-state index in [0.717, 1.165) is 62.8 Å². The first-order valence-corrected chi connectivity index (χ1v) is 20.9. The summed E-state index contributed by atoms with van der Waals surface area (Å²) < 4.78 is 53.1. The van der Waals surface area contributed by atoms with Crippen molar-refractivity contribution in [3.8, 4) is 11.5 Å². The molecule has 0 radical (unpaired) electrons. The van der Waals surface area contributed by atoms with Crippen LogP contribution in [-0.2, 0) is 57.4 Å². The average Bonchev–Trinajstić information content (AvgIpc) is 3.64. The second-order valence-corrected chi connectivity index (χ2v) is 16.9. The fraction of sp³-hybridized carbons (Fsp3) is 0.326. The van der Waals surface area contributed by atoms with Gasteiger partial charge in [-0.2, -0.15) is 12.7 Å². The number of rotatable bonds is 16. The molecule has 0 saturated heterocycles. The largest absolute Gasteiger partial charge is 0.489 e. The lowest BCUT2D eigenvalue weighted by Crippen LogP contribution is -2.37. The molecule has 1 aromatic heterocycles. The molecular formula is C46H50N4O7S. The van der Waals surface area contributed by atoms with Gasteiger partial charge in [-0.25, -0.2) is 4.68 Å². The number of ether oxygens (including phenoxy) is 3. The lowest BCUT2D eigenvalue weighted by Gasteiger charge is -2.34. The molecule has 6 aromatic rings. The number of carbonyl (C=O) groups excluding carboxylic acids is 1. The molecule has 0 aliphatic carbocycles. The molecular weight excluding hydrogens is 753 g/mol. The third-order valence-corrected chi connectivity index (χ3v) is 12.2. The van der Waals surface area contributed by atoms with Gasteiger partial charge in [0.1, 0.15) is 23.6 Å². The molecule has 1 atom stereocenters. The van der Waals surface area contributed by atoms with Gasteiger partial charge in [-0.3, -0.25) is 4.79 Å². The Hall–Kier alpha value is -5.56. The zero-order chi connectivity index (χ0) is 40.9. The van der Waals surface area contributed by atoms with Crippen molar-refractivity contribution in [1.29, 1.82) is 0 Å². The first-order valence-electron chi connectivity index (χ1n) is 19.6. The minimum atomic E-state index is -4.11. The van der Waals surface area contributed by atoms with Crippen molar-refractivity contribution in [2.45, 2.75) is 79.3 Å². The summed E-state index contributed by atoms with van der Waals surface area (Å²) in [5.74, 6) is 0.0679. The number of fused-ring (bicyclic) bond motifs is 2. The molecule has 58 heavy (non-hydrogen) atoms. The molecule has 1 aliphatic rings. The number of methoxy groups -OCH3 is 1. The standard InChI is InChI=1S/C46H50N4O7S/c1-32-18-19-36(26-37(32)28-49-29-38-27-39(20-23-42(38)57-58(49,52)53)56-31-35-16-10-7-11-17-35)43(46(3,4)45(51)54-5)40-21-22-41-44(33(40)2)47-48-50(41)24-12-13-25-55-30-34-14-8-6-9-15-34/h6-11,14-23,26-27,43H,12-13,24-25,28-31H2,1-5H3. The second-order valence-electron chi connectivity index (χ2n) is 15.4. The van der Waals surface area contributed by atoms with Gasteiger partial charge in [-0.15, -0.1) is 5.10 Å². The molecule has 12 heteroatoms. The Bertz CT molecular complexity index is 2490. The fourth-order valence-corrected chi connectivity index (χ4v) is 8.74. The van der Waals surface area contributed by atoms with Gasteiger partial charge in [0.2, 0.25) is 0 Å². The van der Waals surface area contributed by atoms with Gasteiger partial charge in [0.05, 0.1) is 24.6 Å². The summed E-state index contributed by atoms with van der Waals surface area (Å²) in [5, 5.41) is 9.11. The zero-order valence-electron chi connectivity index (χ0n) is 33.7. The Kier molecular flexibility index (Phi) is 12.3. The molecule has 7 rings (SSSR count). The average molecular weight is 803 g/mol. The van der Waals surface area contributed by atoms with E-state index in [-0.39, 0.29) is 24.8 Å². The highest BCUT2D eigenvalue weighted by atomic mass is 32.2. The van der Waals surface area contributed by atoms with Gasteiger partial charge in [0.15, 0.2) is 0 Å². The molecule has 2 heterocycles. The number of nitrogens with zero attached hydrogens (tertiary/aromatic N) is 4. The van der Waals surface area contributed by atoms with Crippen LogP contribution in [0.25, 0.3) is 11.0 Å². The van der Waals surface area contributed by atoms with E-state index < -0.39 is 21.6 Å². The molecule has 0 saturated carbocycles. The number of hydrogen-bond donors (Lipinski definition) is 0. The van der Waals surface area contributed by atoms with Crippen molar-refractivity contribution < 1.29 is 31.6 Å². The van der Waals surface area contributed by atoms with E-state index in [2.05, 4.69) is 22.4 Å². The number of aryl methyl sites for hydroxylation is 3. The Morgan fingerprint density at radius 1 is 0.879 bits per heavy atom. The van der Waals surface area contributed by atoms with Crippen LogP contribution in [0.5, 0.6) is 11.5 Å².